The fraction of sp³-hybridized carbons (Fsp3) is 0.0909. The summed E-state index contributed by atoms with van der Waals surface area (Å²) >= 11 is 5.83. The maximum absolute atomic E-state index is 11.1. The molecule has 0 bridgehead atoms. The number of nitrogens with zero attached hydrogens (tertiary/aromatic N) is 3. The minimum atomic E-state index is -0.671. The summed E-state index contributed by atoms with van der Waals surface area (Å²) in [6.45, 7) is 1.76. The highest BCUT2D eigenvalue weighted by Crippen LogP contribution is 2.35. The van der Waals surface area contributed by atoms with Gasteiger partial charge in [-0.3, -0.25) is 10.1 Å². The Balaban J connectivity index is 2.45. The van der Waals surface area contributed by atoms with Crippen molar-refractivity contribution in [1.82, 2.24) is 9.97 Å². The van der Waals surface area contributed by atoms with Gasteiger partial charge in [0.25, 0.3) is 0 Å². The number of hydrogen-bond donors (Lipinski definition) is 2. The summed E-state index contributed by atoms with van der Waals surface area (Å²) < 4.78 is 5.45. The van der Waals surface area contributed by atoms with Gasteiger partial charge in [-0.25, -0.2) is 10.8 Å². The first-order valence-corrected chi connectivity index (χ1v) is 5.80. The second kappa shape index (κ2) is 5.68. The molecule has 0 amide bonds. The quantitative estimate of drug-likeness (QED) is 0.505. The van der Waals surface area contributed by atoms with Crippen molar-refractivity contribution in [2.24, 2.45) is 5.84 Å². The van der Waals surface area contributed by atoms with Gasteiger partial charge in [0.2, 0.25) is 5.82 Å². The summed E-state index contributed by atoms with van der Waals surface area (Å²) in [4.78, 5) is 17.8. The van der Waals surface area contributed by atoms with E-state index < -0.39 is 10.6 Å². The van der Waals surface area contributed by atoms with Crippen molar-refractivity contribution in [3.05, 3.63) is 45.2 Å². The zero-order chi connectivity index (χ0) is 14.7. The highest BCUT2D eigenvalue weighted by Gasteiger charge is 2.24. The lowest BCUT2D eigenvalue weighted by atomic mass is 10.2. The molecular formula is C11H10ClN5O3. The van der Waals surface area contributed by atoms with Gasteiger partial charge < -0.3 is 10.2 Å². The monoisotopic (exact) mass is 295 g/mol. The van der Waals surface area contributed by atoms with Crippen LogP contribution in [0.3, 0.4) is 0 Å². The van der Waals surface area contributed by atoms with Crippen LogP contribution in [0.4, 0.5) is 11.5 Å². The van der Waals surface area contributed by atoms with Gasteiger partial charge in [-0.1, -0.05) is 11.6 Å². The molecule has 2 rings (SSSR count). The Bertz CT molecular complexity index is 665. The lowest BCUT2D eigenvalue weighted by Crippen LogP contribution is -2.12. The van der Waals surface area contributed by atoms with E-state index in [2.05, 4.69) is 15.4 Å². The number of rotatable bonds is 4. The Hall–Kier alpha value is -2.45. The maximum atomic E-state index is 11.1. The second-order valence-electron chi connectivity index (χ2n) is 3.79. The molecule has 0 aliphatic heterocycles. The summed E-state index contributed by atoms with van der Waals surface area (Å²) in [6.07, 6.45) is 1.11. The van der Waals surface area contributed by atoms with Gasteiger partial charge in [-0.15, -0.1) is 0 Å². The van der Waals surface area contributed by atoms with Gasteiger partial charge in [0.05, 0.1) is 4.92 Å². The Kier molecular flexibility index (Phi) is 3.97. The molecule has 0 unspecified atom stereocenters. The van der Waals surface area contributed by atoms with Crippen molar-refractivity contribution < 1.29 is 9.66 Å². The molecule has 20 heavy (non-hydrogen) atoms. The maximum Gasteiger partial charge on any atom is 0.374 e. The first-order chi connectivity index (χ1) is 9.52. The van der Waals surface area contributed by atoms with Gasteiger partial charge in [0.15, 0.2) is 0 Å². The van der Waals surface area contributed by atoms with Gasteiger partial charge in [0.1, 0.15) is 12.1 Å². The number of benzene rings is 1. The summed E-state index contributed by atoms with van der Waals surface area (Å²) in [7, 11) is 0. The van der Waals surface area contributed by atoms with Crippen molar-refractivity contribution in [1.29, 1.82) is 0 Å². The molecule has 1 heterocycles. The number of aromatic nitrogens is 2. The number of halogens is 1. The first-order valence-electron chi connectivity index (χ1n) is 5.43. The van der Waals surface area contributed by atoms with Gasteiger partial charge >= 0.3 is 11.6 Å². The molecule has 3 N–H and O–H groups in total. The van der Waals surface area contributed by atoms with Crippen LogP contribution in [-0.4, -0.2) is 14.9 Å². The number of hydrogen-bond acceptors (Lipinski definition) is 7. The zero-order valence-electron chi connectivity index (χ0n) is 10.3. The Labute approximate surface area is 118 Å². The van der Waals surface area contributed by atoms with Crippen molar-refractivity contribution in [2.45, 2.75) is 6.92 Å². The lowest BCUT2D eigenvalue weighted by Gasteiger charge is -2.09. The van der Waals surface area contributed by atoms with Crippen LogP contribution in [0.15, 0.2) is 24.5 Å². The van der Waals surface area contributed by atoms with Crippen LogP contribution in [0.2, 0.25) is 5.02 Å². The molecule has 0 saturated heterocycles. The molecule has 0 aliphatic rings. The van der Waals surface area contributed by atoms with Crippen LogP contribution in [0, 0.1) is 17.0 Å². The Morgan fingerprint density at radius 1 is 1.45 bits per heavy atom. The van der Waals surface area contributed by atoms with Crippen LogP contribution >= 0.6 is 11.6 Å². The van der Waals surface area contributed by atoms with E-state index in [9.17, 15) is 10.1 Å². The van der Waals surface area contributed by atoms with Crippen molar-refractivity contribution in [3.8, 4) is 11.6 Å². The number of nitro groups is 1. The van der Waals surface area contributed by atoms with Crippen LogP contribution in [0.1, 0.15) is 5.56 Å². The summed E-state index contributed by atoms with van der Waals surface area (Å²) in [6, 6.07) is 4.88. The lowest BCUT2D eigenvalue weighted by molar-refractivity contribution is -0.385. The number of ether oxygens (including phenoxy) is 1. The molecule has 1 aromatic heterocycles. The van der Waals surface area contributed by atoms with Crippen LogP contribution in [0.5, 0.6) is 11.6 Å². The largest absolute Gasteiger partial charge is 0.433 e. The van der Waals surface area contributed by atoms with Gasteiger partial charge in [-0.2, -0.15) is 4.98 Å². The predicted molar refractivity (Wildman–Crippen MR) is 72.8 cm³/mol. The third-order valence-corrected chi connectivity index (χ3v) is 2.69. The van der Waals surface area contributed by atoms with Gasteiger partial charge in [0, 0.05) is 5.02 Å². The van der Waals surface area contributed by atoms with Crippen molar-refractivity contribution >= 4 is 23.1 Å². The molecule has 8 nitrogen and oxygen atoms in total. The molecule has 1 aromatic carbocycles. The van der Waals surface area contributed by atoms with E-state index in [0.717, 1.165) is 6.33 Å². The molecule has 0 atom stereocenters. The first kappa shape index (κ1) is 14.0. The third kappa shape index (κ3) is 2.76. The minimum Gasteiger partial charge on any atom is -0.433 e. The van der Waals surface area contributed by atoms with E-state index >= 15 is 0 Å². The fourth-order valence-electron chi connectivity index (χ4n) is 1.54. The van der Waals surface area contributed by atoms with Crippen molar-refractivity contribution in [3.63, 3.8) is 0 Å². The molecule has 104 valence electrons. The third-order valence-electron chi connectivity index (χ3n) is 2.45. The molecule has 2 aromatic rings. The van der Waals surface area contributed by atoms with Crippen LogP contribution in [-0.2, 0) is 0 Å². The highest BCUT2D eigenvalue weighted by atomic mass is 35.5. The average molecular weight is 296 g/mol. The van der Waals surface area contributed by atoms with E-state index in [4.69, 9.17) is 22.2 Å². The fourth-order valence-corrected chi connectivity index (χ4v) is 1.77. The molecule has 0 saturated carbocycles. The molecular weight excluding hydrogens is 286 g/mol. The SMILES string of the molecule is Cc1cc(Cl)ccc1Oc1ncnc(NN)c1[N+](=O)[O-]. The second-order valence-corrected chi connectivity index (χ2v) is 4.23. The normalized spacial score (nSPS) is 10.2. The zero-order valence-corrected chi connectivity index (χ0v) is 11.1. The molecule has 0 spiro atoms. The van der Waals surface area contributed by atoms with E-state index in [-0.39, 0.29) is 11.7 Å². The molecule has 0 aliphatic carbocycles. The number of aryl methyl sites for hydroxylation is 1. The van der Waals surface area contributed by atoms with E-state index in [1.807, 2.05) is 0 Å². The number of nitrogen functional groups attached to an aromatic ring is 1. The Morgan fingerprint density at radius 3 is 2.80 bits per heavy atom. The number of anilines is 1. The number of nitrogens with two attached hydrogens (primary N) is 1. The summed E-state index contributed by atoms with van der Waals surface area (Å²) in [5.74, 6) is 5.25. The molecule has 0 fully saturated rings. The topological polar surface area (TPSA) is 116 Å². The average Bonchev–Trinajstić information content (AvgIpc) is 2.41. The Morgan fingerprint density at radius 2 is 2.20 bits per heavy atom. The molecule has 0 radical (unpaired) electrons. The minimum absolute atomic E-state index is 0.133. The smallest absolute Gasteiger partial charge is 0.374 e. The van der Waals surface area contributed by atoms with Crippen LogP contribution in [0.25, 0.3) is 0 Å². The van der Waals surface area contributed by atoms with E-state index in [1.165, 1.54) is 0 Å². The van der Waals surface area contributed by atoms with E-state index in [0.29, 0.717) is 16.3 Å². The number of hydrazine groups is 1. The van der Waals surface area contributed by atoms with Crippen molar-refractivity contribution in [2.75, 3.05) is 5.43 Å². The highest BCUT2D eigenvalue weighted by molar-refractivity contribution is 6.30. The standard InChI is InChI=1S/C11H10ClN5O3/c1-6-4-7(12)2-3-8(6)20-11-9(17(18)19)10(16-13)14-5-15-11/h2-5H,13H2,1H3,(H,14,15,16). The summed E-state index contributed by atoms with van der Waals surface area (Å²) in [5, 5.41) is 11.6. The van der Waals surface area contributed by atoms with Crippen LogP contribution < -0.4 is 16.0 Å². The van der Waals surface area contributed by atoms with Gasteiger partial charge in [-0.05, 0) is 30.7 Å². The number of nitrogens with one attached hydrogen (secondary N) is 1. The predicted octanol–water partition coefficient (Wildman–Crippen LogP) is 2.42. The van der Waals surface area contributed by atoms with E-state index in [1.54, 1.807) is 25.1 Å². The molecule has 9 heteroatoms. The summed E-state index contributed by atoms with van der Waals surface area (Å²) in [5.41, 5.74) is 2.41.